The number of benzene rings is 1. The minimum absolute atomic E-state index is 0.0593. The number of aliphatic hydroxyl groups is 1. The van der Waals surface area contributed by atoms with Crippen molar-refractivity contribution in [2.24, 2.45) is 0 Å². The summed E-state index contributed by atoms with van der Waals surface area (Å²) >= 11 is 0. The minimum atomic E-state index is -5.77. The van der Waals surface area contributed by atoms with Crippen LogP contribution in [0.1, 0.15) is 50.8 Å². The number of hydrogen-bond acceptors (Lipinski definition) is 3. The Bertz CT molecular complexity index is 773. The van der Waals surface area contributed by atoms with Crippen LogP contribution in [0.25, 0.3) is 0 Å². The first-order valence-electron chi connectivity index (χ1n) is 8.50. The fourth-order valence-corrected chi connectivity index (χ4v) is 3.64. The number of amides is 1. The van der Waals surface area contributed by atoms with E-state index in [1.165, 1.54) is 11.8 Å². The van der Waals surface area contributed by atoms with Crippen LogP contribution in [0.4, 0.5) is 22.0 Å². The number of ether oxygens (including phenoxy) is 1. The van der Waals surface area contributed by atoms with E-state index in [9.17, 15) is 31.9 Å². The molecular weight excluding hydrogens is 373 g/mol. The molecule has 4 nitrogen and oxygen atoms in total. The highest BCUT2D eigenvalue weighted by atomic mass is 19.4. The van der Waals surface area contributed by atoms with Crippen LogP contribution in [0, 0.1) is 0 Å². The smallest absolute Gasteiger partial charge is 0.458 e. The fourth-order valence-electron chi connectivity index (χ4n) is 3.64. The highest BCUT2D eigenvalue weighted by Crippen LogP contribution is 2.52. The van der Waals surface area contributed by atoms with Crippen molar-refractivity contribution in [2.75, 3.05) is 6.54 Å². The Hall–Kier alpha value is -1.90. The lowest BCUT2D eigenvalue weighted by atomic mass is 9.74. The Labute approximate surface area is 152 Å². The summed E-state index contributed by atoms with van der Waals surface area (Å²) in [6.45, 7) is 4.80. The Morgan fingerprint density at radius 2 is 1.81 bits per heavy atom. The van der Waals surface area contributed by atoms with Gasteiger partial charge in [-0.25, -0.2) is 0 Å². The Morgan fingerprint density at radius 1 is 1.19 bits per heavy atom. The van der Waals surface area contributed by atoms with Crippen LogP contribution in [0.3, 0.4) is 0 Å². The predicted octanol–water partition coefficient (Wildman–Crippen LogP) is 3.93. The van der Waals surface area contributed by atoms with Crippen molar-refractivity contribution in [2.45, 2.75) is 63.0 Å². The molecule has 2 aliphatic rings. The summed E-state index contributed by atoms with van der Waals surface area (Å²) in [5.74, 6) is -5.30. The Kier molecular flexibility index (Phi) is 4.26. The molecule has 1 aromatic rings. The predicted molar refractivity (Wildman–Crippen MR) is 85.4 cm³/mol. The third-order valence-corrected chi connectivity index (χ3v) is 5.56. The molecule has 0 spiro atoms. The maximum atomic E-state index is 13.8. The molecule has 0 saturated carbocycles. The SMILES string of the molecule is CC1(C)Oc2ccc(C(F)(F)C(F)(F)F)cc2C(N2CCCC2=O)C1(C)O. The first kappa shape index (κ1) is 19.9. The molecule has 2 heterocycles. The van der Waals surface area contributed by atoms with Gasteiger partial charge >= 0.3 is 12.1 Å². The van der Waals surface area contributed by atoms with E-state index in [1.807, 2.05) is 0 Å². The first-order chi connectivity index (χ1) is 12.2. The van der Waals surface area contributed by atoms with Gasteiger partial charge in [0, 0.05) is 24.1 Å². The lowest BCUT2D eigenvalue weighted by molar-refractivity contribution is -0.289. The lowest BCUT2D eigenvalue weighted by Gasteiger charge is -2.52. The fraction of sp³-hybridized carbons (Fsp3) is 0.611. The molecule has 2 atom stereocenters. The summed E-state index contributed by atoms with van der Waals surface area (Å²) in [6.07, 6.45) is -5.03. The highest BCUT2D eigenvalue weighted by Gasteiger charge is 2.60. The molecule has 1 N–H and O–H groups in total. The number of rotatable bonds is 2. The third kappa shape index (κ3) is 2.86. The molecule has 0 bridgehead atoms. The second-order valence-electron chi connectivity index (χ2n) is 7.68. The lowest BCUT2D eigenvalue weighted by Crippen LogP contribution is -2.62. The van der Waals surface area contributed by atoms with Crippen molar-refractivity contribution in [3.8, 4) is 5.75 Å². The summed E-state index contributed by atoms with van der Waals surface area (Å²) in [7, 11) is 0. The van der Waals surface area contributed by atoms with Gasteiger partial charge in [-0.2, -0.15) is 22.0 Å². The van der Waals surface area contributed by atoms with E-state index in [1.54, 1.807) is 13.8 Å². The van der Waals surface area contributed by atoms with E-state index in [0.717, 1.165) is 6.07 Å². The zero-order valence-electron chi connectivity index (χ0n) is 15.0. The Morgan fingerprint density at radius 3 is 2.33 bits per heavy atom. The molecule has 27 heavy (non-hydrogen) atoms. The van der Waals surface area contributed by atoms with Crippen molar-refractivity contribution >= 4 is 5.91 Å². The van der Waals surface area contributed by atoms with Crippen LogP contribution >= 0.6 is 0 Å². The molecule has 3 rings (SSSR count). The van der Waals surface area contributed by atoms with E-state index in [2.05, 4.69) is 0 Å². The standard InChI is InChI=1S/C18H20F5NO3/c1-15(2)16(3,26)14(24-8-4-5-13(24)25)11-9-10(6-7-12(11)27-15)17(19,20)18(21,22)23/h6-7,9,14,26H,4-5,8H2,1-3H3. The average molecular weight is 393 g/mol. The molecule has 9 heteroatoms. The summed E-state index contributed by atoms with van der Waals surface area (Å²) < 4.78 is 71.8. The number of likely N-dealkylation sites (tertiary alicyclic amines) is 1. The van der Waals surface area contributed by atoms with Crippen LogP contribution in [0.5, 0.6) is 5.75 Å². The maximum Gasteiger partial charge on any atom is 0.458 e. The second kappa shape index (κ2) is 5.80. The van der Waals surface area contributed by atoms with Crippen LogP contribution in [0.2, 0.25) is 0 Å². The van der Waals surface area contributed by atoms with Gasteiger partial charge in [0.05, 0.1) is 6.04 Å². The van der Waals surface area contributed by atoms with Crippen molar-refractivity contribution in [1.82, 2.24) is 4.90 Å². The van der Waals surface area contributed by atoms with Crippen LogP contribution in [-0.4, -0.2) is 39.8 Å². The van der Waals surface area contributed by atoms with Gasteiger partial charge in [-0.1, -0.05) is 0 Å². The molecule has 2 unspecified atom stereocenters. The van der Waals surface area contributed by atoms with Gasteiger partial charge in [-0.3, -0.25) is 4.79 Å². The van der Waals surface area contributed by atoms with Gasteiger partial charge in [0.2, 0.25) is 5.91 Å². The van der Waals surface area contributed by atoms with Gasteiger partial charge in [-0.05, 0) is 45.4 Å². The summed E-state index contributed by atoms with van der Waals surface area (Å²) in [4.78, 5) is 13.6. The van der Waals surface area contributed by atoms with Crippen molar-refractivity contribution in [3.63, 3.8) is 0 Å². The molecule has 150 valence electrons. The average Bonchev–Trinajstić information content (AvgIpc) is 2.92. The number of carbonyl (C=O) groups excluding carboxylic acids is 1. The zero-order chi connectivity index (χ0) is 20.4. The number of carbonyl (C=O) groups is 1. The number of nitrogens with zero attached hydrogens (tertiary/aromatic N) is 1. The van der Waals surface area contributed by atoms with Crippen molar-refractivity contribution < 1.29 is 36.6 Å². The second-order valence-corrected chi connectivity index (χ2v) is 7.68. The normalized spacial score (nSPS) is 28.1. The summed E-state index contributed by atoms with van der Waals surface area (Å²) in [6, 6.07) is 1.28. The van der Waals surface area contributed by atoms with E-state index >= 15 is 0 Å². The molecular formula is C18H20F5NO3. The molecule has 1 amide bonds. The van der Waals surface area contributed by atoms with Crippen LogP contribution in [-0.2, 0) is 10.7 Å². The van der Waals surface area contributed by atoms with Crippen molar-refractivity contribution in [3.05, 3.63) is 29.3 Å². The van der Waals surface area contributed by atoms with Gasteiger partial charge in [0.15, 0.2) is 0 Å². The van der Waals surface area contributed by atoms with E-state index in [0.29, 0.717) is 18.6 Å². The minimum Gasteiger partial charge on any atom is -0.484 e. The van der Waals surface area contributed by atoms with Crippen molar-refractivity contribution in [1.29, 1.82) is 0 Å². The number of hydrogen-bond donors (Lipinski definition) is 1. The molecule has 2 aliphatic heterocycles. The van der Waals surface area contributed by atoms with Gasteiger partial charge in [-0.15, -0.1) is 0 Å². The first-order valence-corrected chi connectivity index (χ1v) is 8.50. The summed E-state index contributed by atoms with van der Waals surface area (Å²) in [5, 5.41) is 11.1. The molecule has 0 aliphatic carbocycles. The van der Waals surface area contributed by atoms with E-state index in [-0.39, 0.29) is 30.2 Å². The number of alkyl halides is 5. The van der Waals surface area contributed by atoms with Gasteiger partial charge in [0.1, 0.15) is 17.0 Å². The molecule has 0 aromatic heterocycles. The molecule has 1 aromatic carbocycles. The quantitative estimate of drug-likeness (QED) is 0.775. The van der Waals surface area contributed by atoms with Crippen LogP contribution < -0.4 is 4.74 Å². The van der Waals surface area contributed by atoms with E-state index < -0.39 is 34.9 Å². The molecule has 1 fully saturated rings. The Balaban J connectivity index is 2.19. The summed E-state index contributed by atoms with van der Waals surface area (Å²) in [5.41, 5.74) is -4.24. The highest BCUT2D eigenvalue weighted by molar-refractivity contribution is 5.79. The monoisotopic (exact) mass is 393 g/mol. The zero-order valence-corrected chi connectivity index (χ0v) is 15.0. The maximum absolute atomic E-state index is 13.8. The molecule has 1 saturated heterocycles. The van der Waals surface area contributed by atoms with Crippen LogP contribution in [0.15, 0.2) is 18.2 Å². The van der Waals surface area contributed by atoms with E-state index in [4.69, 9.17) is 4.74 Å². The largest absolute Gasteiger partial charge is 0.484 e. The topological polar surface area (TPSA) is 49.8 Å². The molecule has 0 radical (unpaired) electrons. The van der Waals surface area contributed by atoms with Gasteiger partial charge in [0.25, 0.3) is 0 Å². The number of fused-ring (bicyclic) bond motifs is 1. The number of halogens is 5. The third-order valence-electron chi connectivity index (χ3n) is 5.56. The van der Waals surface area contributed by atoms with Gasteiger partial charge < -0.3 is 14.7 Å².